The number of ether oxygens (including phenoxy) is 1. The largest absolute Gasteiger partial charge is 0.464 e. The number of allylic oxidation sites excluding steroid dienone is 2. The molecule has 0 amide bonds. The predicted molar refractivity (Wildman–Crippen MR) is 77.1 cm³/mol. The van der Waals surface area contributed by atoms with Crippen molar-refractivity contribution in [1.82, 2.24) is 0 Å². The van der Waals surface area contributed by atoms with E-state index >= 15 is 0 Å². The molecule has 22 heavy (non-hydrogen) atoms. The number of hydrogen-bond acceptors (Lipinski definition) is 5. The first-order valence-corrected chi connectivity index (χ1v) is 6.78. The van der Waals surface area contributed by atoms with E-state index in [4.69, 9.17) is 4.74 Å². The van der Waals surface area contributed by atoms with Crippen LogP contribution >= 0.6 is 0 Å². The van der Waals surface area contributed by atoms with Gasteiger partial charge < -0.3 is 14.7 Å². The summed E-state index contributed by atoms with van der Waals surface area (Å²) in [6.45, 7) is 1.94. The SMILES string of the molecule is COC(=O)C1=CC(=C=O)c2cc(F)cc3c2N1CCC3(C)O. The molecule has 0 bridgehead atoms. The van der Waals surface area contributed by atoms with Crippen LogP contribution in [0, 0.1) is 5.82 Å². The van der Waals surface area contributed by atoms with Gasteiger partial charge in [-0.1, -0.05) is 0 Å². The first-order valence-electron chi connectivity index (χ1n) is 6.78. The summed E-state index contributed by atoms with van der Waals surface area (Å²) in [5.41, 5.74) is 0.115. The van der Waals surface area contributed by atoms with Gasteiger partial charge in [0.2, 0.25) is 0 Å². The van der Waals surface area contributed by atoms with Gasteiger partial charge in [-0.3, -0.25) is 0 Å². The Balaban J connectivity index is 2.33. The molecule has 3 rings (SSSR count). The minimum absolute atomic E-state index is 0.0603. The molecule has 1 aromatic rings. The van der Waals surface area contributed by atoms with Crippen molar-refractivity contribution in [2.24, 2.45) is 0 Å². The molecule has 2 aliphatic rings. The Morgan fingerprint density at radius 3 is 2.86 bits per heavy atom. The number of rotatable bonds is 1. The summed E-state index contributed by atoms with van der Waals surface area (Å²) in [4.78, 5) is 24.8. The Morgan fingerprint density at radius 2 is 2.23 bits per heavy atom. The molecule has 0 saturated carbocycles. The molecule has 1 N–H and O–H groups in total. The second-order valence-corrected chi connectivity index (χ2v) is 5.56. The zero-order chi connectivity index (χ0) is 16.1. The standard InChI is InChI=1S/C16H14FNO4/c1-16(21)3-4-18-13(15(20)22-2)5-9(8-19)11-6-10(17)7-12(16)14(11)18/h5-7,21H,3-4H2,1-2H3. The Kier molecular flexibility index (Phi) is 3.16. The lowest BCUT2D eigenvalue weighted by Crippen LogP contribution is -2.42. The van der Waals surface area contributed by atoms with Crippen LogP contribution < -0.4 is 4.90 Å². The quantitative estimate of drug-likeness (QED) is 0.629. The van der Waals surface area contributed by atoms with Crippen LogP contribution in [-0.2, 0) is 19.9 Å². The van der Waals surface area contributed by atoms with Crippen LogP contribution in [0.4, 0.5) is 10.1 Å². The second-order valence-electron chi connectivity index (χ2n) is 5.56. The molecule has 0 aliphatic carbocycles. The van der Waals surface area contributed by atoms with E-state index in [1.807, 2.05) is 0 Å². The van der Waals surface area contributed by atoms with E-state index in [9.17, 15) is 19.1 Å². The number of methoxy groups -OCH3 is 1. The Hall–Kier alpha value is -2.43. The van der Waals surface area contributed by atoms with Crippen molar-refractivity contribution in [2.75, 3.05) is 18.6 Å². The summed E-state index contributed by atoms with van der Waals surface area (Å²) >= 11 is 0. The molecule has 0 fully saturated rings. The van der Waals surface area contributed by atoms with Crippen LogP contribution in [0.5, 0.6) is 0 Å². The average molecular weight is 303 g/mol. The minimum atomic E-state index is -1.24. The average Bonchev–Trinajstić information content (AvgIpc) is 2.49. The van der Waals surface area contributed by atoms with Gasteiger partial charge >= 0.3 is 5.97 Å². The van der Waals surface area contributed by atoms with Crippen LogP contribution in [0.15, 0.2) is 23.9 Å². The van der Waals surface area contributed by atoms with Gasteiger partial charge in [0.15, 0.2) is 0 Å². The van der Waals surface area contributed by atoms with Crippen LogP contribution in [0.2, 0.25) is 0 Å². The fourth-order valence-corrected chi connectivity index (χ4v) is 2.97. The highest BCUT2D eigenvalue weighted by Crippen LogP contribution is 2.46. The van der Waals surface area contributed by atoms with Gasteiger partial charge in [-0.25, -0.2) is 14.0 Å². The lowest BCUT2D eigenvalue weighted by molar-refractivity contribution is -0.136. The summed E-state index contributed by atoms with van der Waals surface area (Å²) in [7, 11) is 1.24. The maximum atomic E-state index is 13.9. The maximum absolute atomic E-state index is 13.9. The zero-order valence-electron chi connectivity index (χ0n) is 12.1. The van der Waals surface area contributed by atoms with E-state index in [0.29, 0.717) is 29.8 Å². The Bertz CT molecular complexity index is 760. The molecule has 0 spiro atoms. The van der Waals surface area contributed by atoms with E-state index in [1.54, 1.807) is 17.8 Å². The van der Waals surface area contributed by atoms with Crippen molar-refractivity contribution in [3.63, 3.8) is 0 Å². The Labute approximate surface area is 126 Å². The maximum Gasteiger partial charge on any atom is 0.354 e. The number of carbonyl (C=O) groups is 1. The number of carbonyl (C=O) groups excluding carboxylic acids is 2. The van der Waals surface area contributed by atoms with Crippen molar-refractivity contribution in [3.8, 4) is 0 Å². The fraction of sp³-hybridized carbons (Fsp3) is 0.312. The number of nitrogens with zero attached hydrogens (tertiary/aromatic N) is 1. The third-order valence-corrected chi connectivity index (χ3v) is 4.11. The zero-order valence-corrected chi connectivity index (χ0v) is 12.1. The molecule has 0 radical (unpaired) electrons. The van der Waals surface area contributed by atoms with Crippen LogP contribution in [0.25, 0.3) is 5.57 Å². The van der Waals surface area contributed by atoms with Crippen molar-refractivity contribution in [3.05, 3.63) is 40.8 Å². The molecule has 0 saturated heterocycles. The highest BCUT2D eigenvalue weighted by molar-refractivity contribution is 6.07. The lowest BCUT2D eigenvalue weighted by Gasteiger charge is -2.42. The molecule has 2 aliphatic heterocycles. The number of hydrogen-bond donors (Lipinski definition) is 1. The minimum Gasteiger partial charge on any atom is -0.464 e. The first-order chi connectivity index (χ1) is 10.4. The van der Waals surface area contributed by atoms with Crippen molar-refractivity contribution in [1.29, 1.82) is 0 Å². The van der Waals surface area contributed by atoms with E-state index in [2.05, 4.69) is 0 Å². The van der Waals surface area contributed by atoms with Gasteiger partial charge in [0.1, 0.15) is 17.5 Å². The van der Waals surface area contributed by atoms with Gasteiger partial charge in [-0.05, 0) is 31.6 Å². The third kappa shape index (κ3) is 1.96. The van der Waals surface area contributed by atoms with Gasteiger partial charge in [-0.2, -0.15) is 0 Å². The van der Waals surface area contributed by atoms with Crippen LogP contribution in [0.3, 0.4) is 0 Å². The topological polar surface area (TPSA) is 66.8 Å². The third-order valence-electron chi connectivity index (χ3n) is 4.11. The molecular formula is C16H14FNO4. The summed E-state index contributed by atoms with van der Waals surface area (Å²) in [5.74, 6) is 0.569. The normalized spacial score (nSPS) is 22.6. The highest BCUT2D eigenvalue weighted by atomic mass is 19.1. The number of aliphatic hydroxyl groups is 1. The molecule has 1 unspecified atom stereocenters. The molecule has 0 aromatic heterocycles. The van der Waals surface area contributed by atoms with Crippen molar-refractivity contribution in [2.45, 2.75) is 18.9 Å². The molecule has 114 valence electrons. The van der Waals surface area contributed by atoms with Gasteiger partial charge in [0, 0.05) is 17.7 Å². The lowest BCUT2D eigenvalue weighted by atomic mass is 9.82. The van der Waals surface area contributed by atoms with Gasteiger partial charge in [0.05, 0.1) is 24.0 Å². The Morgan fingerprint density at radius 1 is 1.50 bits per heavy atom. The highest BCUT2D eigenvalue weighted by Gasteiger charge is 2.40. The molecule has 2 heterocycles. The molecule has 5 nitrogen and oxygen atoms in total. The predicted octanol–water partition coefficient (Wildman–Crippen LogP) is 1.53. The summed E-state index contributed by atoms with van der Waals surface area (Å²) in [5, 5.41) is 10.5. The van der Waals surface area contributed by atoms with E-state index < -0.39 is 17.4 Å². The van der Waals surface area contributed by atoms with Gasteiger partial charge in [-0.15, -0.1) is 0 Å². The summed E-state index contributed by atoms with van der Waals surface area (Å²) < 4.78 is 18.6. The molecule has 1 aromatic carbocycles. The molecular weight excluding hydrogens is 289 g/mol. The van der Waals surface area contributed by atoms with E-state index in [1.165, 1.54) is 25.3 Å². The van der Waals surface area contributed by atoms with Crippen molar-refractivity contribution >= 4 is 23.2 Å². The summed E-state index contributed by atoms with van der Waals surface area (Å²) in [6.07, 6.45) is 1.65. The number of esters is 1. The second kappa shape index (κ2) is 4.80. The number of anilines is 1. The molecule has 6 heteroatoms. The smallest absolute Gasteiger partial charge is 0.354 e. The first kappa shape index (κ1) is 14.5. The van der Waals surface area contributed by atoms with Gasteiger partial charge in [0.25, 0.3) is 0 Å². The monoisotopic (exact) mass is 303 g/mol. The summed E-state index contributed by atoms with van der Waals surface area (Å²) in [6, 6.07) is 2.44. The fourth-order valence-electron chi connectivity index (χ4n) is 2.97. The van der Waals surface area contributed by atoms with Crippen LogP contribution in [-0.4, -0.2) is 30.7 Å². The molecule has 1 atom stereocenters. The number of benzene rings is 1. The van der Waals surface area contributed by atoms with E-state index in [0.717, 1.165) is 0 Å². The van der Waals surface area contributed by atoms with E-state index in [-0.39, 0.29) is 11.3 Å². The van der Waals surface area contributed by atoms with Crippen LogP contribution in [0.1, 0.15) is 24.5 Å². The van der Waals surface area contributed by atoms with Crippen molar-refractivity contribution < 1.29 is 23.8 Å². The number of halogens is 1.